The van der Waals surface area contributed by atoms with Crippen molar-refractivity contribution in [2.24, 2.45) is 14.1 Å². The second-order valence-corrected chi connectivity index (χ2v) is 23.4. The highest BCUT2D eigenvalue weighted by atomic mass is 35.5. The van der Waals surface area contributed by atoms with Crippen LogP contribution < -0.4 is 21.7 Å². The number of halogens is 9. The Kier molecular flexibility index (Phi) is 36.1. The second-order valence-electron chi connectivity index (χ2n) is 23.0. The van der Waals surface area contributed by atoms with E-state index in [2.05, 4.69) is 50.3 Å². The summed E-state index contributed by atoms with van der Waals surface area (Å²) in [6.07, 6.45) is 2.31. The van der Waals surface area contributed by atoms with E-state index < -0.39 is 107 Å². The number of carboxylic acids is 1. The lowest BCUT2D eigenvalue weighted by Gasteiger charge is -2.34. The number of nitrogens with one attached hydrogen (secondary N) is 3. The molecule has 0 bridgehead atoms. The lowest BCUT2D eigenvalue weighted by Crippen LogP contribution is -2.35. The van der Waals surface area contributed by atoms with Crippen molar-refractivity contribution in [3.05, 3.63) is 283 Å². The molecule has 6 N–H and O–H groups in total. The monoisotopic (exact) mass is 1630 g/mol. The summed E-state index contributed by atoms with van der Waals surface area (Å²) in [6.45, 7) is 0. The van der Waals surface area contributed by atoms with Gasteiger partial charge in [0.15, 0.2) is 23.1 Å². The molecule has 0 fully saturated rings. The van der Waals surface area contributed by atoms with E-state index in [1.54, 1.807) is 38.4 Å². The molecule has 13 rings (SSSR count). The highest BCUT2D eigenvalue weighted by Crippen LogP contribution is 2.44. The van der Waals surface area contributed by atoms with Gasteiger partial charge in [0.25, 0.3) is 0 Å². The first-order valence-corrected chi connectivity index (χ1v) is 31.7. The van der Waals surface area contributed by atoms with Crippen molar-refractivity contribution >= 4 is 128 Å². The molecular weight excluding hydrogens is 1560 g/mol. The number of nitrogen functional groups attached to an aromatic ring is 1. The van der Waals surface area contributed by atoms with Gasteiger partial charge >= 0.3 is 29.8 Å². The zero-order valence-electron chi connectivity index (χ0n) is 58.4. The van der Waals surface area contributed by atoms with Gasteiger partial charge in [0.1, 0.15) is 77.4 Å². The summed E-state index contributed by atoms with van der Waals surface area (Å²) in [4.78, 5) is 114. The van der Waals surface area contributed by atoms with E-state index in [1.165, 1.54) is 110 Å². The molecule has 36 heteroatoms. The summed E-state index contributed by atoms with van der Waals surface area (Å²) in [6, 6.07) is 30.3. The Balaban J connectivity index is 0.000000361. The quantitative estimate of drug-likeness (QED) is 0.0200. The van der Waals surface area contributed by atoms with Crippen LogP contribution in [0.3, 0.4) is 0 Å². The summed E-state index contributed by atoms with van der Waals surface area (Å²) in [7, 11) is 8.09. The van der Waals surface area contributed by atoms with Crippen molar-refractivity contribution in [3.8, 4) is 0 Å². The van der Waals surface area contributed by atoms with Crippen LogP contribution in [0.15, 0.2) is 164 Å². The highest BCUT2D eigenvalue weighted by molar-refractivity contribution is 7.59. The lowest BCUT2D eigenvalue weighted by molar-refractivity contribution is -0.135. The number of carbonyl (C=O) groups is 9. The van der Waals surface area contributed by atoms with Gasteiger partial charge in [0, 0.05) is 55.2 Å². The Hall–Kier alpha value is -12.0. The van der Waals surface area contributed by atoms with Crippen LogP contribution in [0.5, 0.6) is 0 Å². The first kappa shape index (κ1) is 94.3. The standard InChI is InChI=1S/C20H16F2N4O3.2C17H13F2NO3.C9H7FO3.C8H8FNO2.C3H4ClN3.2CH4.3H2S/c1-26-19(23-9-24-26)16-17(10-3-5-11(21)6-4-10)25-14-8-12(22)7-13(20(28)29-2)15(14)18(16)27;2*1-23-17(22)12-6-11(19)7-14-16(12)15(21)8-13(20-14)9-2-4-10(18)5-3-9;10-7-3-1-6(2-4-7)8(11)5-9(12)13;1-12-8(11)5-2-6(9)4-7(10)3-5;1-7-3(4)5-2-6-7;;;;;/h3-9,16-17,25H,1-2H3;2*2-7,13,20H,8H2,1H3;1-4H,5H2,(H,12,13);2-4H,10H2,1H3;2H,1H3;2*1H4;3*1H2/t16-,17-;13-;;;;;;;;;/m10........./s1. The summed E-state index contributed by atoms with van der Waals surface area (Å²) in [5.41, 5.74) is 8.35. The number of aryl methyl sites for hydroxylation is 2. The molecule has 0 amide bonds. The Morgan fingerprint density at radius 3 is 1.19 bits per heavy atom. The van der Waals surface area contributed by atoms with Crippen LogP contribution in [0.1, 0.15) is 164 Å². The van der Waals surface area contributed by atoms with Crippen molar-refractivity contribution in [1.29, 1.82) is 0 Å². The SMILES string of the molecule is C.C.COC(=O)c1cc(F)cc2c1C(=O)CC(c1ccc(F)cc1)N2.COC(=O)c1cc(F)cc2c1C(=O)C[C@@H](c1ccc(F)cc1)N2.COC(=O)c1cc(F)cc2c1C(=O)[C@H](c1ncnn1C)[C@@H](c1ccc(F)cc1)N2.COC(=O)c1cc(N)cc(F)c1.Cn1ncnc1Cl.O=C(O)CC(=O)c1ccc(F)cc1.S.S.S. The van der Waals surface area contributed by atoms with Crippen molar-refractivity contribution < 1.29 is 102 Å². The molecule has 3 aliphatic heterocycles. The predicted molar refractivity (Wildman–Crippen MR) is 413 cm³/mol. The number of ether oxygens (including phenoxy) is 4. The number of nitrogens with zero attached hydrogens (tertiary/aromatic N) is 6. The van der Waals surface area contributed by atoms with Crippen LogP contribution in [0.4, 0.5) is 57.9 Å². The van der Waals surface area contributed by atoms with Crippen LogP contribution in [0, 0.1) is 46.5 Å². The van der Waals surface area contributed by atoms with Crippen LogP contribution >= 0.6 is 52.1 Å². The van der Waals surface area contributed by atoms with E-state index in [-0.39, 0.29) is 159 Å². The molecule has 2 aromatic heterocycles. The molecule has 0 radical (unpaired) electrons. The van der Waals surface area contributed by atoms with Gasteiger partial charge in [-0.3, -0.25) is 28.7 Å². The third kappa shape index (κ3) is 24.0. The molecule has 5 heterocycles. The Morgan fingerprint density at radius 2 is 0.839 bits per heavy atom. The minimum Gasteiger partial charge on any atom is -0.481 e. The van der Waals surface area contributed by atoms with Gasteiger partial charge in [-0.05, 0) is 144 Å². The van der Waals surface area contributed by atoms with Crippen molar-refractivity contribution in [2.45, 2.75) is 58.2 Å². The first-order chi connectivity index (χ1) is 50.9. The third-order valence-corrected chi connectivity index (χ3v) is 16.3. The molecule has 112 heavy (non-hydrogen) atoms. The van der Waals surface area contributed by atoms with Gasteiger partial charge in [-0.1, -0.05) is 51.3 Å². The van der Waals surface area contributed by atoms with Crippen LogP contribution in [0.2, 0.25) is 5.28 Å². The van der Waals surface area contributed by atoms with E-state index in [1.807, 2.05) is 0 Å². The number of carboxylic acid groups (broad SMARTS) is 1. The molecule has 4 atom stereocenters. The zero-order valence-corrected chi connectivity index (χ0v) is 62.2. The van der Waals surface area contributed by atoms with Gasteiger partial charge in [0.2, 0.25) is 5.28 Å². The number of rotatable bonds is 11. The fourth-order valence-electron chi connectivity index (χ4n) is 11.0. The number of nitrogens with two attached hydrogens (primary N) is 1. The largest absolute Gasteiger partial charge is 0.481 e. The van der Waals surface area contributed by atoms with Gasteiger partial charge in [-0.25, -0.2) is 69.0 Å². The smallest absolute Gasteiger partial charge is 0.338 e. The van der Waals surface area contributed by atoms with Gasteiger partial charge in [0.05, 0.1) is 85.5 Å². The maximum Gasteiger partial charge on any atom is 0.338 e. The molecule has 3 aliphatic rings. The number of aliphatic carboxylic acids is 1. The number of methoxy groups -OCH3 is 4. The highest BCUT2D eigenvalue weighted by Gasteiger charge is 2.43. The maximum absolute atomic E-state index is 14.2. The normalized spacial score (nSPS) is 14.2. The number of esters is 4. The van der Waals surface area contributed by atoms with Gasteiger partial charge in [-0.15, -0.1) is 0 Å². The van der Waals surface area contributed by atoms with E-state index in [4.69, 9.17) is 27.2 Å². The van der Waals surface area contributed by atoms with E-state index >= 15 is 0 Å². The fourth-order valence-corrected chi connectivity index (χ4v) is 11.1. The molecule has 0 spiro atoms. The summed E-state index contributed by atoms with van der Waals surface area (Å²) in [5.74, 6) is -10.4. The number of benzene rings is 8. The van der Waals surface area contributed by atoms with Crippen LogP contribution in [-0.2, 0) is 37.8 Å². The summed E-state index contributed by atoms with van der Waals surface area (Å²) in [5, 5.41) is 25.6. The average Bonchev–Trinajstić information content (AvgIpc) is 1.14. The number of hydrogen-bond donors (Lipinski definition) is 5. The molecule has 0 saturated heterocycles. The number of anilines is 4. The average molecular weight is 1640 g/mol. The number of carbonyl (C=O) groups excluding carboxylic acids is 8. The van der Waals surface area contributed by atoms with Gasteiger partial charge in [-0.2, -0.15) is 50.7 Å². The van der Waals surface area contributed by atoms with Crippen molar-refractivity contribution in [1.82, 2.24) is 29.5 Å². The maximum atomic E-state index is 14.2. The molecule has 0 aliphatic carbocycles. The number of fused-ring (bicyclic) bond motifs is 3. The van der Waals surface area contributed by atoms with E-state index in [9.17, 15) is 78.3 Å². The lowest BCUT2D eigenvalue weighted by atomic mass is 9.80. The Labute approximate surface area is 661 Å². The first-order valence-electron chi connectivity index (χ1n) is 31.3. The number of aromatic nitrogens is 6. The van der Waals surface area contributed by atoms with Gasteiger partial charge < -0.3 is 45.7 Å². The fraction of sp³-hybridized carbons (Fsp3) is 0.197. The molecule has 594 valence electrons. The van der Waals surface area contributed by atoms with Crippen LogP contribution in [0.25, 0.3) is 0 Å². The minimum atomic E-state index is -1.19. The molecule has 8 aromatic carbocycles. The predicted octanol–water partition coefficient (Wildman–Crippen LogP) is 14.8. The third-order valence-electron chi connectivity index (χ3n) is 16.0. The number of hydrogen-bond acceptors (Lipinski definition) is 21. The second kappa shape index (κ2) is 42.9. The topological polar surface area (TPSA) is 334 Å². The molecule has 24 nitrogen and oxygen atoms in total. The Bertz CT molecular complexity index is 4840. The summed E-state index contributed by atoms with van der Waals surface area (Å²) >= 11 is 5.41. The summed E-state index contributed by atoms with van der Waals surface area (Å²) < 4.78 is 127. The van der Waals surface area contributed by atoms with E-state index in [0.29, 0.717) is 27.8 Å². The minimum absolute atomic E-state index is 0. The van der Waals surface area contributed by atoms with E-state index in [0.717, 1.165) is 67.8 Å². The molecular formula is C76H75ClF8N10O14S3. The molecule has 1 unspecified atom stereocenters. The molecule has 10 aromatic rings. The molecule has 0 saturated carbocycles. The van der Waals surface area contributed by atoms with Crippen molar-refractivity contribution in [2.75, 3.05) is 50.1 Å². The number of ketones is 4. The zero-order chi connectivity index (χ0) is 78.1. The van der Waals surface area contributed by atoms with Crippen molar-refractivity contribution in [3.63, 3.8) is 0 Å². The number of Topliss-reactive ketones (excluding diaryl/α,β-unsaturated/α-hetero) is 4. The van der Waals surface area contributed by atoms with Crippen LogP contribution in [-0.4, -0.2) is 116 Å². The Morgan fingerprint density at radius 1 is 0.473 bits per heavy atom.